The van der Waals surface area contributed by atoms with Gasteiger partial charge in [-0.25, -0.2) is 4.39 Å². The molecule has 3 aromatic carbocycles. The summed E-state index contributed by atoms with van der Waals surface area (Å²) in [5.74, 6) is 0.664. The van der Waals surface area contributed by atoms with Gasteiger partial charge in [-0.1, -0.05) is 59.6 Å². The van der Waals surface area contributed by atoms with Crippen LogP contribution in [-0.4, -0.2) is 7.11 Å². The van der Waals surface area contributed by atoms with E-state index in [1.807, 2.05) is 12.1 Å². The number of ether oxygens (including phenoxy) is 2. The van der Waals surface area contributed by atoms with E-state index in [1.54, 1.807) is 25.3 Å². The number of benzene rings is 3. The van der Waals surface area contributed by atoms with Gasteiger partial charge in [0.2, 0.25) is 0 Å². The standard InChI is InChI=1S/C23H23ClFNO2/c1-16-7-9-17(10-8-16)13-26-14-18-11-20(24)23(22(12-18)27-2)28-15-19-5-3-4-6-21(19)25/h3-12,26H,13-15H2,1-2H3/p+1. The Hall–Kier alpha value is -2.56. The normalized spacial score (nSPS) is 10.7. The molecule has 0 radical (unpaired) electrons. The molecule has 2 N–H and O–H groups in total. The summed E-state index contributed by atoms with van der Waals surface area (Å²) in [5.41, 5.74) is 4.03. The number of halogens is 2. The van der Waals surface area contributed by atoms with Gasteiger partial charge in [-0.15, -0.1) is 0 Å². The van der Waals surface area contributed by atoms with Crippen molar-refractivity contribution in [1.82, 2.24) is 0 Å². The van der Waals surface area contributed by atoms with Crippen molar-refractivity contribution in [3.8, 4) is 11.5 Å². The predicted octanol–water partition coefficient (Wildman–Crippen LogP) is 4.64. The lowest BCUT2D eigenvalue weighted by Gasteiger charge is -2.14. The molecule has 0 bridgehead atoms. The van der Waals surface area contributed by atoms with Crippen molar-refractivity contribution in [1.29, 1.82) is 0 Å². The van der Waals surface area contributed by atoms with E-state index < -0.39 is 0 Å². The van der Waals surface area contributed by atoms with Gasteiger partial charge in [-0.05, 0) is 25.1 Å². The fourth-order valence-electron chi connectivity index (χ4n) is 2.93. The Morgan fingerprint density at radius 2 is 1.68 bits per heavy atom. The average molecular weight is 401 g/mol. The van der Waals surface area contributed by atoms with Gasteiger partial charge in [-0.2, -0.15) is 0 Å². The maximum Gasteiger partial charge on any atom is 0.180 e. The van der Waals surface area contributed by atoms with Gasteiger partial charge < -0.3 is 14.8 Å². The smallest absolute Gasteiger partial charge is 0.180 e. The Labute approximate surface area is 170 Å². The van der Waals surface area contributed by atoms with E-state index >= 15 is 0 Å². The van der Waals surface area contributed by atoms with E-state index in [-0.39, 0.29) is 12.4 Å². The van der Waals surface area contributed by atoms with Gasteiger partial charge in [0.1, 0.15) is 25.5 Å². The summed E-state index contributed by atoms with van der Waals surface area (Å²) in [6.45, 7) is 3.81. The topological polar surface area (TPSA) is 35.1 Å². The Morgan fingerprint density at radius 3 is 2.39 bits per heavy atom. The zero-order valence-corrected chi connectivity index (χ0v) is 16.8. The second-order valence-corrected chi connectivity index (χ2v) is 7.08. The molecule has 3 aromatic rings. The molecule has 146 valence electrons. The van der Waals surface area contributed by atoms with Crippen LogP contribution >= 0.6 is 11.6 Å². The van der Waals surface area contributed by atoms with E-state index in [1.165, 1.54) is 17.2 Å². The third kappa shape index (κ3) is 5.24. The molecule has 0 saturated heterocycles. The molecule has 0 aliphatic rings. The van der Waals surface area contributed by atoms with Crippen molar-refractivity contribution in [3.63, 3.8) is 0 Å². The highest BCUT2D eigenvalue weighted by Gasteiger charge is 2.14. The van der Waals surface area contributed by atoms with Crippen molar-refractivity contribution in [2.45, 2.75) is 26.6 Å². The van der Waals surface area contributed by atoms with E-state index in [0.29, 0.717) is 22.1 Å². The number of nitrogens with two attached hydrogens (primary N) is 1. The Kier molecular flexibility index (Phi) is 6.90. The molecule has 0 unspecified atom stereocenters. The number of hydrogen-bond donors (Lipinski definition) is 1. The van der Waals surface area contributed by atoms with Crippen molar-refractivity contribution in [3.05, 3.63) is 93.8 Å². The quantitative estimate of drug-likeness (QED) is 0.598. The second kappa shape index (κ2) is 9.58. The van der Waals surface area contributed by atoms with Crippen LogP contribution in [0.15, 0.2) is 60.7 Å². The molecule has 0 aliphatic carbocycles. The van der Waals surface area contributed by atoms with Gasteiger partial charge in [0.15, 0.2) is 11.5 Å². The summed E-state index contributed by atoms with van der Waals surface area (Å²) in [6.07, 6.45) is 0. The molecule has 28 heavy (non-hydrogen) atoms. The van der Waals surface area contributed by atoms with Gasteiger partial charge in [0, 0.05) is 16.7 Å². The first-order chi connectivity index (χ1) is 13.6. The molecule has 3 nitrogen and oxygen atoms in total. The lowest BCUT2D eigenvalue weighted by atomic mass is 10.1. The summed E-state index contributed by atoms with van der Waals surface area (Å²) in [5, 5.41) is 2.66. The molecule has 0 spiro atoms. The number of hydrogen-bond acceptors (Lipinski definition) is 2. The van der Waals surface area contributed by atoms with Crippen LogP contribution < -0.4 is 14.8 Å². The first-order valence-corrected chi connectivity index (χ1v) is 9.54. The Bertz CT molecular complexity index is 928. The fourth-order valence-corrected chi connectivity index (χ4v) is 3.21. The number of rotatable bonds is 8. The highest BCUT2D eigenvalue weighted by molar-refractivity contribution is 6.32. The van der Waals surface area contributed by atoms with E-state index in [2.05, 4.69) is 36.5 Å². The first kappa shape index (κ1) is 20.2. The molecule has 0 atom stereocenters. The van der Waals surface area contributed by atoms with Crippen LogP contribution in [0.4, 0.5) is 4.39 Å². The van der Waals surface area contributed by atoms with Crippen LogP contribution in [0, 0.1) is 12.7 Å². The molecule has 0 aliphatic heterocycles. The van der Waals surface area contributed by atoms with Crippen LogP contribution in [0.5, 0.6) is 11.5 Å². The van der Waals surface area contributed by atoms with Crippen molar-refractivity contribution in [2.75, 3.05) is 7.11 Å². The van der Waals surface area contributed by atoms with Crippen molar-refractivity contribution < 1.29 is 19.2 Å². The minimum atomic E-state index is -0.306. The second-order valence-electron chi connectivity index (χ2n) is 6.67. The predicted molar refractivity (Wildman–Crippen MR) is 109 cm³/mol. The zero-order chi connectivity index (χ0) is 19.9. The molecular formula is C23H24ClFNO2+. The number of aryl methyl sites for hydroxylation is 1. The van der Waals surface area contributed by atoms with Crippen molar-refractivity contribution >= 4 is 11.6 Å². The lowest BCUT2D eigenvalue weighted by Crippen LogP contribution is -2.80. The molecule has 0 fully saturated rings. The van der Waals surface area contributed by atoms with Crippen LogP contribution in [-0.2, 0) is 19.7 Å². The third-order valence-electron chi connectivity index (χ3n) is 4.50. The summed E-state index contributed by atoms with van der Waals surface area (Å²) >= 11 is 6.42. The number of methoxy groups -OCH3 is 1. The molecule has 3 rings (SSSR count). The highest BCUT2D eigenvalue weighted by atomic mass is 35.5. The van der Waals surface area contributed by atoms with Crippen LogP contribution in [0.25, 0.3) is 0 Å². The molecular weight excluding hydrogens is 377 g/mol. The van der Waals surface area contributed by atoms with E-state index in [0.717, 1.165) is 18.7 Å². The Morgan fingerprint density at radius 1 is 0.964 bits per heavy atom. The average Bonchev–Trinajstić information content (AvgIpc) is 2.69. The van der Waals surface area contributed by atoms with Gasteiger partial charge in [0.25, 0.3) is 0 Å². The lowest BCUT2D eigenvalue weighted by molar-refractivity contribution is -0.686. The largest absolute Gasteiger partial charge is 0.493 e. The molecule has 5 heteroatoms. The minimum Gasteiger partial charge on any atom is -0.493 e. The van der Waals surface area contributed by atoms with Crippen LogP contribution in [0.2, 0.25) is 5.02 Å². The minimum absolute atomic E-state index is 0.0850. The van der Waals surface area contributed by atoms with Crippen LogP contribution in [0.3, 0.4) is 0 Å². The zero-order valence-electron chi connectivity index (χ0n) is 16.0. The van der Waals surface area contributed by atoms with E-state index in [9.17, 15) is 4.39 Å². The summed E-state index contributed by atoms with van der Waals surface area (Å²) in [6, 6.07) is 18.8. The Balaban J connectivity index is 1.65. The summed E-state index contributed by atoms with van der Waals surface area (Å²) in [7, 11) is 1.57. The monoisotopic (exact) mass is 400 g/mol. The fraction of sp³-hybridized carbons (Fsp3) is 0.217. The maximum atomic E-state index is 13.8. The summed E-state index contributed by atoms with van der Waals surface area (Å²) in [4.78, 5) is 0. The maximum absolute atomic E-state index is 13.8. The van der Waals surface area contributed by atoms with Gasteiger partial charge >= 0.3 is 0 Å². The summed E-state index contributed by atoms with van der Waals surface area (Å²) < 4.78 is 25.0. The van der Waals surface area contributed by atoms with Crippen LogP contribution in [0.1, 0.15) is 22.3 Å². The SMILES string of the molecule is COc1cc(C[NH2+]Cc2ccc(C)cc2)cc(Cl)c1OCc1ccccc1F. The molecule has 0 saturated carbocycles. The highest BCUT2D eigenvalue weighted by Crippen LogP contribution is 2.36. The molecule has 0 heterocycles. The van der Waals surface area contributed by atoms with E-state index in [4.69, 9.17) is 21.1 Å². The van der Waals surface area contributed by atoms with Crippen molar-refractivity contribution in [2.24, 2.45) is 0 Å². The molecule has 0 amide bonds. The third-order valence-corrected chi connectivity index (χ3v) is 4.78. The number of quaternary nitrogens is 1. The molecule has 0 aromatic heterocycles. The van der Waals surface area contributed by atoms with Gasteiger partial charge in [0.05, 0.1) is 12.1 Å². The first-order valence-electron chi connectivity index (χ1n) is 9.16. The van der Waals surface area contributed by atoms with Gasteiger partial charge in [-0.3, -0.25) is 0 Å².